The molecular formula is C18H16N4O. The van der Waals surface area contributed by atoms with Crippen LogP contribution in [0.4, 0.5) is 0 Å². The van der Waals surface area contributed by atoms with Gasteiger partial charge in [0, 0.05) is 30.9 Å². The Bertz CT molecular complexity index is 893. The van der Waals surface area contributed by atoms with Gasteiger partial charge in [-0.3, -0.25) is 0 Å². The van der Waals surface area contributed by atoms with Gasteiger partial charge in [0.15, 0.2) is 0 Å². The topological polar surface area (TPSA) is 58.1 Å². The Labute approximate surface area is 133 Å². The van der Waals surface area contributed by atoms with Gasteiger partial charge in [-0.2, -0.15) is 0 Å². The second-order valence-corrected chi connectivity index (χ2v) is 5.19. The number of aromatic nitrogens is 3. The maximum atomic E-state index is 5.47. The van der Waals surface area contributed by atoms with Crippen LogP contribution in [0.2, 0.25) is 0 Å². The summed E-state index contributed by atoms with van der Waals surface area (Å²) in [5.41, 5.74) is 4.76. The van der Waals surface area contributed by atoms with Gasteiger partial charge in [-0.15, -0.1) is 0 Å². The van der Waals surface area contributed by atoms with Gasteiger partial charge in [0.05, 0.1) is 29.9 Å². The Morgan fingerprint density at radius 2 is 1.83 bits per heavy atom. The number of hydrogen-bond donors (Lipinski definition) is 2. The number of nitrogens with one attached hydrogen (secondary N) is 2. The summed E-state index contributed by atoms with van der Waals surface area (Å²) in [4.78, 5) is 11.1. The number of H-pyrrole nitrogens is 2. The van der Waals surface area contributed by atoms with Crippen molar-refractivity contribution in [2.75, 3.05) is 7.11 Å². The molecule has 0 unspecified atom stereocenters. The van der Waals surface area contributed by atoms with E-state index in [1.165, 1.54) is 0 Å². The highest BCUT2D eigenvalue weighted by molar-refractivity contribution is 6.10. The highest BCUT2D eigenvalue weighted by Crippen LogP contribution is 2.25. The minimum Gasteiger partial charge on any atom is -0.494 e. The van der Waals surface area contributed by atoms with Gasteiger partial charge in [0.25, 0.3) is 0 Å². The third-order valence-corrected chi connectivity index (χ3v) is 3.77. The van der Waals surface area contributed by atoms with Gasteiger partial charge in [-0.05, 0) is 36.4 Å². The lowest BCUT2D eigenvalue weighted by molar-refractivity contribution is 0.302. The molecule has 0 spiro atoms. The first-order valence-electron chi connectivity index (χ1n) is 7.36. The fourth-order valence-corrected chi connectivity index (χ4v) is 2.65. The first-order chi connectivity index (χ1) is 11.3. The Hall–Kier alpha value is -3.21. The van der Waals surface area contributed by atoms with E-state index in [0.29, 0.717) is 0 Å². The van der Waals surface area contributed by atoms with Crippen LogP contribution >= 0.6 is 0 Å². The zero-order chi connectivity index (χ0) is 15.6. The fourth-order valence-electron chi connectivity index (χ4n) is 2.65. The van der Waals surface area contributed by atoms with Crippen LogP contribution in [0.3, 0.4) is 0 Å². The third kappa shape index (κ3) is 2.42. The van der Waals surface area contributed by atoms with E-state index < -0.39 is 0 Å². The molecule has 0 aliphatic carbocycles. The molecule has 3 aromatic heterocycles. The molecule has 0 atom stereocenters. The lowest BCUT2D eigenvalue weighted by Crippen LogP contribution is -1.93. The van der Waals surface area contributed by atoms with Crippen molar-refractivity contribution in [1.29, 1.82) is 0 Å². The van der Waals surface area contributed by atoms with Crippen LogP contribution in [-0.2, 0) is 4.74 Å². The van der Waals surface area contributed by atoms with E-state index in [1.807, 2.05) is 65.8 Å². The number of allylic oxidation sites excluding steroid dienone is 1. The molecule has 0 bridgehead atoms. The summed E-state index contributed by atoms with van der Waals surface area (Å²) < 4.78 is 7.51. The fraction of sp³-hybridized carbons (Fsp3) is 0.0556. The summed E-state index contributed by atoms with van der Waals surface area (Å²) in [6.07, 6.45) is 9.71. The Kier molecular flexibility index (Phi) is 3.24. The number of nitrogens with zero attached hydrogens (tertiary/aromatic N) is 2. The quantitative estimate of drug-likeness (QED) is 0.759. The highest BCUT2D eigenvalue weighted by Gasteiger charge is 2.17. The largest absolute Gasteiger partial charge is 0.494 e. The monoisotopic (exact) mass is 304 g/mol. The van der Waals surface area contributed by atoms with E-state index in [-0.39, 0.29) is 0 Å². The van der Waals surface area contributed by atoms with E-state index in [0.717, 1.165) is 34.2 Å². The summed E-state index contributed by atoms with van der Waals surface area (Å²) in [5.74, 6) is 0.751. The Morgan fingerprint density at radius 1 is 1.04 bits per heavy atom. The van der Waals surface area contributed by atoms with Crippen molar-refractivity contribution >= 4 is 11.9 Å². The molecule has 0 amide bonds. The number of ether oxygens (including phenoxy) is 1. The maximum Gasteiger partial charge on any atom is 0.148 e. The molecular weight excluding hydrogens is 288 g/mol. The normalized spacial score (nSPS) is 15.8. The summed E-state index contributed by atoms with van der Waals surface area (Å²) >= 11 is 0. The summed E-state index contributed by atoms with van der Waals surface area (Å²) in [5, 5.41) is 0. The average molecular weight is 304 g/mol. The van der Waals surface area contributed by atoms with Crippen LogP contribution in [0.5, 0.6) is 0 Å². The van der Waals surface area contributed by atoms with Crippen LogP contribution in [0.15, 0.2) is 77.5 Å². The second-order valence-electron chi connectivity index (χ2n) is 5.19. The predicted octanol–water partition coefficient (Wildman–Crippen LogP) is 3.64. The Balaban J connectivity index is 1.74. The number of hydrogen-bond acceptors (Lipinski definition) is 2. The molecule has 114 valence electrons. The van der Waals surface area contributed by atoms with Crippen LogP contribution in [0.1, 0.15) is 5.69 Å². The molecule has 23 heavy (non-hydrogen) atoms. The molecule has 5 nitrogen and oxygen atoms in total. The van der Waals surface area contributed by atoms with Gasteiger partial charge in [0.2, 0.25) is 0 Å². The first-order valence-corrected chi connectivity index (χ1v) is 7.36. The minimum absolute atomic E-state index is 0.751. The molecule has 1 aliphatic rings. The number of aliphatic imine (C=N–C) groups is 1. The molecule has 1 aliphatic heterocycles. The van der Waals surface area contributed by atoms with E-state index in [1.54, 1.807) is 7.11 Å². The van der Waals surface area contributed by atoms with Crippen molar-refractivity contribution in [2.45, 2.75) is 0 Å². The number of aromatic amines is 2. The van der Waals surface area contributed by atoms with Crippen LogP contribution in [-0.4, -0.2) is 27.4 Å². The lowest BCUT2D eigenvalue weighted by atomic mass is 10.2. The molecule has 0 fully saturated rings. The highest BCUT2D eigenvalue weighted by atomic mass is 16.5. The lowest BCUT2D eigenvalue weighted by Gasteiger charge is -2.05. The van der Waals surface area contributed by atoms with E-state index in [4.69, 9.17) is 4.74 Å². The summed E-state index contributed by atoms with van der Waals surface area (Å²) in [7, 11) is 1.66. The zero-order valence-electron chi connectivity index (χ0n) is 12.7. The molecule has 4 heterocycles. The van der Waals surface area contributed by atoms with Gasteiger partial charge < -0.3 is 19.3 Å². The molecule has 0 saturated heterocycles. The minimum atomic E-state index is 0.751. The predicted molar refractivity (Wildman–Crippen MR) is 90.9 cm³/mol. The van der Waals surface area contributed by atoms with Crippen LogP contribution in [0, 0.1) is 0 Å². The standard InChI is InChI=1S/C18H16N4O/c1-23-18-11-15(13-5-2-8-19-13)21-16(18)12-22-10-4-7-17(22)14-6-3-9-20-14/h2-12,19-20H,1H3. The molecule has 0 saturated carbocycles. The van der Waals surface area contributed by atoms with Crippen molar-refractivity contribution in [3.8, 4) is 11.4 Å². The molecule has 4 rings (SSSR count). The second kappa shape index (κ2) is 5.53. The summed E-state index contributed by atoms with van der Waals surface area (Å²) in [6.45, 7) is 0. The van der Waals surface area contributed by atoms with Gasteiger partial charge >= 0.3 is 0 Å². The van der Waals surface area contributed by atoms with Crippen LogP contribution in [0.25, 0.3) is 17.6 Å². The van der Waals surface area contributed by atoms with E-state index in [2.05, 4.69) is 21.0 Å². The smallest absolute Gasteiger partial charge is 0.148 e. The summed E-state index contributed by atoms with van der Waals surface area (Å²) in [6, 6.07) is 12.0. The first kappa shape index (κ1) is 13.5. The molecule has 2 N–H and O–H groups in total. The molecule has 0 radical (unpaired) electrons. The molecule has 5 heteroatoms. The van der Waals surface area contributed by atoms with Crippen molar-refractivity contribution < 1.29 is 4.74 Å². The SMILES string of the molecule is COC1=CC(c2ccc[nH]2)=NC1=Cn1cccc1-c1ccc[nH]1. The van der Waals surface area contributed by atoms with Gasteiger partial charge in [0.1, 0.15) is 11.5 Å². The third-order valence-electron chi connectivity index (χ3n) is 3.77. The van der Waals surface area contributed by atoms with Gasteiger partial charge in [-0.25, -0.2) is 4.99 Å². The Morgan fingerprint density at radius 3 is 2.52 bits per heavy atom. The zero-order valence-corrected chi connectivity index (χ0v) is 12.7. The van der Waals surface area contributed by atoms with E-state index in [9.17, 15) is 0 Å². The average Bonchev–Trinajstić information content (AvgIpc) is 3.34. The molecule has 3 aromatic rings. The number of rotatable bonds is 4. The molecule has 0 aromatic carbocycles. The number of methoxy groups -OCH3 is 1. The maximum absolute atomic E-state index is 5.47. The van der Waals surface area contributed by atoms with Crippen molar-refractivity contribution in [3.05, 3.63) is 78.2 Å². The van der Waals surface area contributed by atoms with Gasteiger partial charge in [-0.1, -0.05) is 0 Å². The van der Waals surface area contributed by atoms with Crippen molar-refractivity contribution in [3.63, 3.8) is 0 Å². The van der Waals surface area contributed by atoms with Crippen LogP contribution < -0.4 is 0 Å². The van der Waals surface area contributed by atoms with Crippen molar-refractivity contribution in [2.24, 2.45) is 4.99 Å². The van der Waals surface area contributed by atoms with E-state index >= 15 is 0 Å². The van der Waals surface area contributed by atoms with Crippen molar-refractivity contribution in [1.82, 2.24) is 14.5 Å².